The first-order valence-corrected chi connectivity index (χ1v) is 9.15. The number of carbonyl (C=O) groups excluding carboxylic acids is 1. The number of hydrogen-bond acceptors (Lipinski definition) is 2. The van der Waals surface area contributed by atoms with E-state index in [1.807, 2.05) is 35.0 Å². The van der Waals surface area contributed by atoms with Crippen LogP contribution in [0, 0.1) is 0 Å². The third-order valence-corrected chi connectivity index (χ3v) is 4.75. The Morgan fingerprint density at radius 1 is 0.933 bits per heavy atom. The van der Waals surface area contributed by atoms with Crippen LogP contribution in [0.25, 0.3) is 16.6 Å². The van der Waals surface area contributed by atoms with Gasteiger partial charge in [-0.3, -0.25) is 4.98 Å². The van der Waals surface area contributed by atoms with Gasteiger partial charge in [-0.2, -0.15) is 13.2 Å². The SMILES string of the molecule is O=C(Nc1ccc(Cl)c(C(F)(F)F)c1)Nc1ccc2c(ccn2-c2ccncc2)c1. The Balaban J connectivity index is 1.51. The third kappa shape index (κ3) is 4.08. The lowest BCUT2D eigenvalue weighted by Crippen LogP contribution is -2.19. The second-order valence-electron chi connectivity index (χ2n) is 6.44. The summed E-state index contributed by atoms with van der Waals surface area (Å²) in [6.45, 7) is 0. The van der Waals surface area contributed by atoms with Crippen LogP contribution in [0.15, 0.2) is 73.2 Å². The van der Waals surface area contributed by atoms with Gasteiger partial charge in [-0.1, -0.05) is 11.6 Å². The fourth-order valence-electron chi connectivity index (χ4n) is 3.06. The molecule has 5 nitrogen and oxygen atoms in total. The summed E-state index contributed by atoms with van der Waals surface area (Å²) in [5.74, 6) is 0. The van der Waals surface area contributed by atoms with E-state index in [4.69, 9.17) is 11.6 Å². The highest BCUT2D eigenvalue weighted by molar-refractivity contribution is 6.31. The molecule has 30 heavy (non-hydrogen) atoms. The molecule has 4 rings (SSSR count). The molecule has 2 N–H and O–H groups in total. The van der Waals surface area contributed by atoms with Gasteiger partial charge in [0.15, 0.2) is 0 Å². The van der Waals surface area contributed by atoms with E-state index in [0.717, 1.165) is 28.7 Å². The highest BCUT2D eigenvalue weighted by atomic mass is 35.5. The summed E-state index contributed by atoms with van der Waals surface area (Å²) in [6, 6.07) is 13.5. The lowest BCUT2D eigenvalue weighted by molar-refractivity contribution is -0.137. The van der Waals surface area contributed by atoms with Crippen LogP contribution in [0.2, 0.25) is 5.02 Å². The number of pyridine rings is 1. The molecule has 9 heteroatoms. The molecule has 0 aliphatic heterocycles. The molecule has 0 aliphatic carbocycles. The van der Waals surface area contributed by atoms with Crippen molar-refractivity contribution < 1.29 is 18.0 Å². The highest BCUT2D eigenvalue weighted by Crippen LogP contribution is 2.36. The summed E-state index contributed by atoms with van der Waals surface area (Å²) in [6.07, 6.45) is 0.680. The van der Waals surface area contributed by atoms with Gasteiger partial charge in [0.05, 0.1) is 16.1 Å². The van der Waals surface area contributed by atoms with Crippen LogP contribution < -0.4 is 10.6 Å². The number of amides is 2. The highest BCUT2D eigenvalue weighted by Gasteiger charge is 2.33. The van der Waals surface area contributed by atoms with Gasteiger partial charge in [0.1, 0.15) is 0 Å². The Hall–Kier alpha value is -3.52. The van der Waals surface area contributed by atoms with E-state index in [-0.39, 0.29) is 5.69 Å². The van der Waals surface area contributed by atoms with E-state index in [0.29, 0.717) is 5.69 Å². The van der Waals surface area contributed by atoms with Crippen molar-refractivity contribution in [3.05, 3.63) is 83.8 Å². The average Bonchev–Trinajstić information content (AvgIpc) is 3.12. The maximum absolute atomic E-state index is 13.0. The molecule has 152 valence electrons. The molecule has 2 aromatic heterocycles. The molecule has 0 radical (unpaired) electrons. The van der Waals surface area contributed by atoms with Crippen LogP contribution in [0.5, 0.6) is 0 Å². The molecule has 0 saturated carbocycles. The van der Waals surface area contributed by atoms with Gasteiger partial charge in [0.25, 0.3) is 0 Å². The largest absolute Gasteiger partial charge is 0.417 e. The van der Waals surface area contributed by atoms with Crippen LogP contribution in [-0.2, 0) is 6.18 Å². The number of nitrogens with one attached hydrogen (secondary N) is 2. The zero-order valence-electron chi connectivity index (χ0n) is 15.2. The number of carbonyl (C=O) groups is 1. The number of alkyl halides is 3. The molecular weight excluding hydrogens is 417 g/mol. The topological polar surface area (TPSA) is 59.0 Å². The molecule has 0 fully saturated rings. The second-order valence-corrected chi connectivity index (χ2v) is 6.84. The smallest absolute Gasteiger partial charge is 0.316 e. The molecule has 4 aromatic rings. The number of urea groups is 1. The van der Waals surface area contributed by atoms with E-state index in [2.05, 4.69) is 15.6 Å². The van der Waals surface area contributed by atoms with Crippen LogP contribution in [0.1, 0.15) is 5.56 Å². The van der Waals surface area contributed by atoms with Gasteiger partial charge in [0.2, 0.25) is 0 Å². The monoisotopic (exact) mass is 430 g/mol. The van der Waals surface area contributed by atoms with Crippen LogP contribution in [0.4, 0.5) is 29.3 Å². The van der Waals surface area contributed by atoms with Crippen molar-refractivity contribution in [3.63, 3.8) is 0 Å². The Bertz CT molecular complexity index is 1220. The first kappa shape index (κ1) is 19.8. The molecular formula is C21H14ClF3N4O. The zero-order valence-corrected chi connectivity index (χ0v) is 16.0. The molecule has 0 spiro atoms. The summed E-state index contributed by atoms with van der Waals surface area (Å²) in [5, 5.41) is 5.46. The van der Waals surface area contributed by atoms with Gasteiger partial charge < -0.3 is 15.2 Å². The minimum atomic E-state index is -4.61. The number of anilines is 2. The van der Waals surface area contributed by atoms with E-state index < -0.39 is 22.8 Å². The minimum Gasteiger partial charge on any atom is -0.316 e. The fourth-order valence-corrected chi connectivity index (χ4v) is 3.29. The van der Waals surface area contributed by atoms with Crippen molar-refractivity contribution in [1.82, 2.24) is 9.55 Å². The Morgan fingerprint density at radius 2 is 1.60 bits per heavy atom. The van der Waals surface area contributed by atoms with Crippen molar-refractivity contribution >= 4 is 39.9 Å². The second kappa shape index (κ2) is 7.72. The summed E-state index contributed by atoms with van der Waals surface area (Å²) in [4.78, 5) is 16.2. The van der Waals surface area contributed by atoms with Crippen LogP contribution in [-0.4, -0.2) is 15.6 Å². The van der Waals surface area contributed by atoms with Crippen LogP contribution >= 0.6 is 11.6 Å². The molecule has 0 bridgehead atoms. The van der Waals surface area contributed by atoms with Gasteiger partial charge in [-0.25, -0.2) is 4.79 Å². The first-order valence-electron chi connectivity index (χ1n) is 8.77. The van der Waals surface area contributed by atoms with Crippen LogP contribution in [0.3, 0.4) is 0 Å². The van der Waals surface area contributed by atoms with Gasteiger partial charge in [-0.15, -0.1) is 0 Å². The Kier molecular flexibility index (Phi) is 5.09. The molecule has 0 atom stereocenters. The Morgan fingerprint density at radius 3 is 2.30 bits per heavy atom. The van der Waals surface area contributed by atoms with E-state index in [1.165, 1.54) is 6.07 Å². The summed E-state index contributed by atoms with van der Waals surface area (Å²) in [7, 11) is 0. The van der Waals surface area contributed by atoms with Gasteiger partial charge in [-0.05, 0) is 54.6 Å². The van der Waals surface area contributed by atoms with Gasteiger partial charge in [0, 0.05) is 41.0 Å². The van der Waals surface area contributed by atoms with E-state index >= 15 is 0 Å². The molecule has 2 heterocycles. The quantitative estimate of drug-likeness (QED) is 0.398. The van der Waals surface area contributed by atoms with Crippen molar-refractivity contribution in [1.29, 1.82) is 0 Å². The van der Waals surface area contributed by atoms with Crippen molar-refractivity contribution in [2.45, 2.75) is 6.18 Å². The molecule has 0 aliphatic rings. The summed E-state index contributed by atoms with van der Waals surface area (Å²) in [5.41, 5.74) is 1.34. The lowest BCUT2D eigenvalue weighted by atomic mass is 10.2. The average molecular weight is 431 g/mol. The maximum atomic E-state index is 13.0. The van der Waals surface area contributed by atoms with Crippen molar-refractivity contribution in [2.24, 2.45) is 0 Å². The van der Waals surface area contributed by atoms with Gasteiger partial charge >= 0.3 is 12.2 Å². The minimum absolute atomic E-state index is 0.0193. The first-order chi connectivity index (χ1) is 14.3. The van der Waals surface area contributed by atoms with Crippen molar-refractivity contribution in [2.75, 3.05) is 10.6 Å². The number of benzene rings is 2. The number of nitrogens with zero attached hydrogens (tertiary/aromatic N) is 2. The predicted molar refractivity (Wildman–Crippen MR) is 110 cm³/mol. The van der Waals surface area contributed by atoms with E-state index in [1.54, 1.807) is 24.5 Å². The molecule has 2 aromatic carbocycles. The predicted octanol–water partition coefficient (Wildman–Crippen LogP) is 6.34. The number of fused-ring (bicyclic) bond motifs is 1. The van der Waals surface area contributed by atoms with E-state index in [9.17, 15) is 18.0 Å². The zero-order chi connectivity index (χ0) is 21.3. The number of halogens is 4. The lowest BCUT2D eigenvalue weighted by Gasteiger charge is -2.12. The normalized spacial score (nSPS) is 11.5. The van der Waals surface area contributed by atoms with Crippen molar-refractivity contribution in [3.8, 4) is 5.69 Å². The molecule has 0 saturated heterocycles. The summed E-state index contributed by atoms with van der Waals surface area (Å²) >= 11 is 5.60. The molecule has 0 unspecified atom stereocenters. The maximum Gasteiger partial charge on any atom is 0.417 e. The summed E-state index contributed by atoms with van der Waals surface area (Å²) < 4.78 is 40.9. The number of aromatic nitrogens is 2. The number of rotatable bonds is 3. The Labute approximate surface area is 174 Å². The number of hydrogen-bond donors (Lipinski definition) is 2. The third-order valence-electron chi connectivity index (χ3n) is 4.42. The standard InChI is InChI=1S/C21H14ClF3N4O/c22-18-3-1-15(12-17(18)21(23,24)25)28-20(30)27-14-2-4-19-13(11-14)7-10-29(19)16-5-8-26-9-6-16/h1-12H,(H2,27,28,30). The molecule has 2 amide bonds. The fraction of sp³-hybridized carbons (Fsp3) is 0.0476.